The maximum Gasteiger partial charge on any atom is 0.269 e. The zero-order valence-electron chi connectivity index (χ0n) is 7.13. The monoisotopic (exact) mass is 220 g/mol. The summed E-state index contributed by atoms with van der Waals surface area (Å²) in [5, 5.41) is 0.553. The van der Waals surface area contributed by atoms with E-state index < -0.39 is 0 Å². The van der Waals surface area contributed by atoms with Gasteiger partial charge in [0.25, 0.3) is 5.56 Å². The Hall–Kier alpha value is -0.510. The number of aromatic nitrogens is 1. The summed E-state index contributed by atoms with van der Waals surface area (Å²) in [6, 6.07) is 1.33. The van der Waals surface area contributed by atoms with Gasteiger partial charge in [-0.15, -0.1) is 0 Å². The Labute approximate surface area is 86.1 Å². The first-order valence-corrected chi connectivity index (χ1v) is 4.59. The molecule has 0 bridgehead atoms. The second kappa shape index (κ2) is 4.13. The van der Waals surface area contributed by atoms with Crippen LogP contribution < -0.4 is 11.3 Å². The van der Waals surface area contributed by atoms with E-state index in [2.05, 4.69) is 0 Å². The number of halogens is 2. The zero-order valence-corrected chi connectivity index (χ0v) is 8.64. The molecule has 0 saturated heterocycles. The van der Waals surface area contributed by atoms with E-state index in [0.717, 1.165) is 0 Å². The van der Waals surface area contributed by atoms with E-state index >= 15 is 0 Å². The van der Waals surface area contributed by atoms with Gasteiger partial charge in [0.1, 0.15) is 5.02 Å². The van der Waals surface area contributed by atoms with Crippen molar-refractivity contribution in [2.45, 2.75) is 13.0 Å². The second-order valence-electron chi connectivity index (χ2n) is 2.80. The third-order valence-corrected chi connectivity index (χ3v) is 2.26. The number of nitrogens with zero attached hydrogens (tertiary/aromatic N) is 1. The van der Waals surface area contributed by atoms with Crippen molar-refractivity contribution in [3.8, 4) is 0 Å². The molecule has 0 radical (unpaired) electrons. The maximum absolute atomic E-state index is 11.4. The Balaban J connectivity index is 3.28. The van der Waals surface area contributed by atoms with Crippen LogP contribution in [0.2, 0.25) is 10.0 Å². The van der Waals surface area contributed by atoms with Crippen molar-refractivity contribution in [2.24, 2.45) is 5.73 Å². The Morgan fingerprint density at radius 1 is 1.62 bits per heavy atom. The van der Waals surface area contributed by atoms with Crippen molar-refractivity contribution in [2.75, 3.05) is 6.54 Å². The van der Waals surface area contributed by atoms with Crippen LogP contribution in [0.3, 0.4) is 0 Å². The first-order valence-electron chi connectivity index (χ1n) is 3.83. The molecule has 1 atom stereocenters. The fourth-order valence-electron chi connectivity index (χ4n) is 0.976. The minimum Gasteiger partial charge on any atom is -0.328 e. The van der Waals surface area contributed by atoms with E-state index in [4.69, 9.17) is 28.9 Å². The molecule has 0 aliphatic rings. The van der Waals surface area contributed by atoms with Gasteiger partial charge in [0.05, 0.1) is 5.02 Å². The van der Waals surface area contributed by atoms with Crippen LogP contribution in [-0.2, 0) is 0 Å². The smallest absolute Gasteiger partial charge is 0.269 e. The summed E-state index contributed by atoms with van der Waals surface area (Å²) in [4.78, 5) is 11.4. The molecule has 0 fully saturated rings. The Kier molecular flexibility index (Phi) is 3.36. The van der Waals surface area contributed by atoms with Crippen LogP contribution in [0.1, 0.15) is 13.0 Å². The van der Waals surface area contributed by atoms with Gasteiger partial charge in [-0.1, -0.05) is 23.2 Å². The topological polar surface area (TPSA) is 48.0 Å². The fourth-order valence-corrected chi connectivity index (χ4v) is 1.46. The Morgan fingerprint density at radius 3 is 2.77 bits per heavy atom. The molecule has 0 aliphatic heterocycles. The van der Waals surface area contributed by atoms with Gasteiger partial charge in [-0.05, 0) is 13.0 Å². The molecule has 13 heavy (non-hydrogen) atoms. The minimum absolute atomic E-state index is 0.0938. The summed E-state index contributed by atoms with van der Waals surface area (Å²) in [5.74, 6) is 0. The van der Waals surface area contributed by atoms with Gasteiger partial charge in [-0.3, -0.25) is 4.79 Å². The highest BCUT2D eigenvalue weighted by Crippen LogP contribution is 2.13. The molecule has 1 unspecified atom stereocenters. The van der Waals surface area contributed by atoms with Crippen molar-refractivity contribution < 1.29 is 0 Å². The second-order valence-corrected chi connectivity index (χ2v) is 3.65. The van der Waals surface area contributed by atoms with Gasteiger partial charge in [0.2, 0.25) is 0 Å². The molecular formula is C8H10Cl2N2O. The summed E-state index contributed by atoms with van der Waals surface area (Å²) in [6.07, 6.45) is 1.54. The van der Waals surface area contributed by atoms with E-state index in [1.807, 2.05) is 6.92 Å². The molecule has 2 N–H and O–H groups in total. The zero-order chi connectivity index (χ0) is 10.0. The van der Waals surface area contributed by atoms with Crippen molar-refractivity contribution in [1.29, 1.82) is 0 Å². The molecule has 1 heterocycles. The predicted octanol–water partition coefficient (Wildman–Crippen LogP) is 1.67. The maximum atomic E-state index is 11.4. The lowest BCUT2D eigenvalue weighted by Gasteiger charge is -2.12. The van der Waals surface area contributed by atoms with Crippen molar-refractivity contribution >= 4 is 23.2 Å². The van der Waals surface area contributed by atoms with E-state index in [1.165, 1.54) is 16.8 Å². The first kappa shape index (κ1) is 10.6. The lowest BCUT2D eigenvalue weighted by Crippen LogP contribution is -2.27. The number of rotatable bonds is 2. The van der Waals surface area contributed by atoms with Crippen molar-refractivity contribution in [1.82, 2.24) is 4.57 Å². The minimum atomic E-state index is -0.260. The van der Waals surface area contributed by atoms with Gasteiger partial charge in [-0.25, -0.2) is 0 Å². The summed E-state index contributed by atoms with van der Waals surface area (Å²) >= 11 is 11.4. The molecule has 0 aromatic carbocycles. The van der Waals surface area contributed by atoms with E-state index in [1.54, 1.807) is 0 Å². The molecule has 5 heteroatoms. The molecule has 1 aromatic heterocycles. The Morgan fingerprint density at radius 2 is 2.23 bits per heavy atom. The SMILES string of the molecule is CC(CN)n1cc(Cl)cc(Cl)c1=O. The molecular weight excluding hydrogens is 211 g/mol. The summed E-state index contributed by atoms with van der Waals surface area (Å²) in [7, 11) is 0. The van der Waals surface area contributed by atoms with Gasteiger partial charge < -0.3 is 10.3 Å². The van der Waals surface area contributed by atoms with E-state index in [0.29, 0.717) is 11.6 Å². The van der Waals surface area contributed by atoms with Crippen LogP contribution in [0.25, 0.3) is 0 Å². The quantitative estimate of drug-likeness (QED) is 0.825. The molecule has 3 nitrogen and oxygen atoms in total. The summed E-state index contributed by atoms with van der Waals surface area (Å²) in [5.41, 5.74) is 5.17. The van der Waals surface area contributed by atoms with Gasteiger partial charge in [0, 0.05) is 18.8 Å². The number of hydrogen-bond donors (Lipinski definition) is 1. The van der Waals surface area contributed by atoms with Gasteiger partial charge in [-0.2, -0.15) is 0 Å². The summed E-state index contributed by atoms with van der Waals surface area (Å²) < 4.78 is 1.44. The molecule has 0 saturated carbocycles. The highest BCUT2D eigenvalue weighted by molar-refractivity contribution is 6.34. The largest absolute Gasteiger partial charge is 0.328 e. The lowest BCUT2D eigenvalue weighted by atomic mass is 10.3. The molecule has 1 rings (SSSR count). The van der Waals surface area contributed by atoms with Crippen LogP contribution >= 0.6 is 23.2 Å². The highest BCUT2D eigenvalue weighted by Gasteiger charge is 2.08. The molecule has 0 aliphatic carbocycles. The molecule has 72 valence electrons. The van der Waals surface area contributed by atoms with Gasteiger partial charge >= 0.3 is 0 Å². The standard InChI is InChI=1S/C8H10Cl2N2O/c1-5(3-11)12-4-6(9)2-7(10)8(12)13/h2,4-5H,3,11H2,1H3. The third kappa shape index (κ3) is 2.24. The fraction of sp³-hybridized carbons (Fsp3) is 0.375. The van der Waals surface area contributed by atoms with Crippen LogP contribution in [-0.4, -0.2) is 11.1 Å². The van der Waals surface area contributed by atoms with Crippen LogP contribution in [0, 0.1) is 0 Å². The average Bonchev–Trinajstić information content (AvgIpc) is 2.10. The van der Waals surface area contributed by atoms with Crippen molar-refractivity contribution in [3.63, 3.8) is 0 Å². The molecule has 0 amide bonds. The van der Waals surface area contributed by atoms with Crippen LogP contribution in [0.15, 0.2) is 17.1 Å². The molecule has 0 spiro atoms. The van der Waals surface area contributed by atoms with Crippen LogP contribution in [0.5, 0.6) is 0 Å². The predicted molar refractivity (Wildman–Crippen MR) is 54.5 cm³/mol. The van der Waals surface area contributed by atoms with E-state index in [-0.39, 0.29) is 16.6 Å². The number of hydrogen-bond acceptors (Lipinski definition) is 2. The number of pyridine rings is 1. The van der Waals surface area contributed by atoms with E-state index in [9.17, 15) is 4.79 Å². The first-order chi connectivity index (χ1) is 6.06. The summed E-state index contributed by atoms with van der Waals surface area (Å²) in [6.45, 7) is 2.20. The average molecular weight is 221 g/mol. The highest BCUT2D eigenvalue weighted by atomic mass is 35.5. The van der Waals surface area contributed by atoms with Crippen molar-refractivity contribution in [3.05, 3.63) is 32.7 Å². The number of nitrogens with two attached hydrogens (primary N) is 1. The van der Waals surface area contributed by atoms with Crippen LogP contribution in [0.4, 0.5) is 0 Å². The lowest BCUT2D eigenvalue weighted by molar-refractivity contribution is 0.540. The Bertz CT molecular complexity index is 362. The normalized spacial score (nSPS) is 12.9. The van der Waals surface area contributed by atoms with Gasteiger partial charge in [0.15, 0.2) is 0 Å². The molecule has 1 aromatic rings. The third-order valence-electron chi connectivity index (χ3n) is 1.78.